The summed E-state index contributed by atoms with van der Waals surface area (Å²) >= 11 is 0. The molecule has 2 rings (SSSR count). The molecule has 1 N–H and O–H groups in total. The molecule has 0 aliphatic carbocycles. The van der Waals surface area contributed by atoms with E-state index in [0.29, 0.717) is 12.0 Å². The van der Waals surface area contributed by atoms with Gasteiger partial charge in [-0.1, -0.05) is 6.07 Å². The molecule has 0 bridgehead atoms. The predicted octanol–water partition coefficient (Wildman–Crippen LogP) is 1.93. The largest absolute Gasteiger partial charge is 0.452 e. The minimum atomic E-state index is -5.00. The maximum atomic E-state index is 12.5. The van der Waals surface area contributed by atoms with E-state index in [4.69, 9.17) is 10.7 Å². The van der Waals surface area contributed by atoms with Crippen LogP contribution in [0.1, 0.15) is 17.2 Å². The molecule has 0 saturated heterocycles. The highest BCUT2D eigenvalue weighted by Crippen LogP contribution is 2.32. The van der Waals surface area contributed by atoms with Crippen molar-refractivity contribution in [1.82, 2.24) is 5.32 Å². The molecule has 1 aromatic rings. The minimum Gasteiger partial charge on any atom is -0.303 e. The molecule has 1 unspecified atom stereocenters. The molecule has 0 amide bonds. The molecular weight excluding hydrogens is 319 g/mol. The van der Waals surface area contributed by atoms with Crippen molar-refractivity contribution in [3.8, 4) is 0 Å². The summed E-state index contributed by atoms with van der Waals surface area (Å²) in [4.78, 5) is 11.0. The van der Waals surface area contributed by atoms with Crippen molar-refractivity contribution >= 4 is 25.5 Å². The van der Waals surface area contributed by atoms with Crippen LogP contribution in [0.15, 0.2) is 23.1 Å². The quantitative estimate of drug-likeness (QED) is 0.843. The predicted molar refractivity (Wildman–Crippen MR) is 65.0 cm³/mol. The number of hydrogen-bond donors (Lipinski definition) is 1. The smallest absolute Gasteiger partial charge is 0.303 e. The van der Waals surface area contributed by atoms with Gasteiger partial charge in [0.2, 0.25) is 0 Å². The van der Waals surface area contributed by atoms with Crippen molar-refractivity contribution in [3.63, 3.8) is 0 Å². The number of carbonyl (C=O) groups is 1. The molecule has 1 atom stereocenters. The fourth-order valence-electron chi connectivity index (χ4n) is 2.08. The second-order valence-corrected chi connectivity index (χ2v) is 6.86. The van der Waals surface area contributed by atoms with Gasteiger partial charge in [0.25, 0.3) is 14.8 Å². The molecule has 1 aromatic carbocycles. The van der Waals surface area contributed by atoms with Gasteiger partial charge in [0.15, 0.2) is 0 Å². The average Bonchev–Trinajstić information content (AvgIpc) is 2.34. The summed E-state index contributed by atoms with van der Waals surface area (Å²) in [5, 5.41) is 2.45. The van der Waals surface area contributed by atoms with Crippen molar-refractivity contribution in [2.75, 3.05) is 6.54 Å². The van der Waals surface area contributed by atoms with Crippen molar-refractivity contribution in [2.24, 2.45) is 0 Å². The summed E-state index contributed by atoms with van der Waals surface area (Å²) in [6.45, 7) is 0.201. The highest BCUT2D eigenvalue weighted by molar-refractivity contribution is 8.13. The molecule has 4 nitrogen and oxygen atoms in total. The van der Waals surface area contributed by atoms with Crippen molar-refractivity contribution in [3.05, 3.63) is 29.3 Å². The molecule has 9 heteroatoms. The van der Waals surface area contributed by atoms with E-state index in [-0.39, 0.29) is 17.0 Å². The summed E-state index contributed by atoms with van der Waals surface area (Å²) in [5.74, 6) is -1.96. The van der Waals surface area contributed by atoms with Crippen LogP contribution in [0.3, 0.4) is 0 Å². The van der Waals surface area contributed by atoms with Gasteiger partial charge in [-0.2, -0.15) is 13.2 Å². The van der Waals surface area contributed by atoms with Crippen molar-refractivity contribution in [1.29, 1.82) is 0 Å². The van der Waals surface area contributed by atoms with Gasteiger partial charge in [-0.3, -0.25) is 4.79 Å². The van der Waals surface area contributed by atoms with E-state index in [9.17, 15) is 26.4 Å². The Morgan fingerprint density at radius 2 is 2.00 bits per heavy atom. The fourth-order valence-corrected chi connectivity index (χ4v) is 2.87. The third kappa shape index (κ3) is 2.97. The first-order chi connectivity index (χ1) is 9.10. The van der Waals surface area contributed by atoms with Crippen LogP contribution < -0.4 is 5.32 Å². The summed E-state index contributed by atoms with van der Waals surface area (Å²) in [7, 11) is 1.09. The maximum Gasteiger partial charge on any atom is 0.452 e. The molecule has 1 aliphatic rings. The second-order valence-electron chi connectivity index (χ2n) is 4.30. The Kier molecular flexibility index (Phi) is 3.83. The van der Waals surface area contributed by atoms with Crippen LogP contribution >= 0.6 is 10.7 Å². The lowest BCUT2D eigenvalue weighted by Gasteiger charge is -2.26. The molecule has 1 heterocycles. The summed E-state index contributed by atoms with van der Waals surface area (Å²) in [6.07, 6.45) is -4.60. The van der Waals surface area contributed by atoms with Crippen molar-refractivity contribution in [2.45, 2.75) is 23.5 Å². The number of carbonyl (C=O) groups excluding carboxylic acids is 1. The van der Waals surface area contributed by atoms with Crippen LogP contribution in [0, 0.1) is 0 Å². The lowest BCUT2D eigenvalue weighted by Crippen LogP contribution is -2.41. The molecule has 0 aromatic heterocycles. The van der Waals surface area contributed by atoms with Crippen LogP contribution in [0.4, 0.5) is 13.2 Å². The number of nitrogens with one attached hydrogen (secondary N) is 1. The van der Waals surface area contributed by atoms with E-state index in [2.05, 4.69) is 5.32 Å². The van der Waals surface area contributed by atoms with E-state index >= 15 is 0 Å². The van der Waals surface area contributed by atoms with Gasteiger partial charge >= 0.3 is 6.18 Å². The standard InChI is InChI=1S/C11H9ClF3NO3S/c12-20(18,19)7-2-1-6-3-4-16-9(8(6)5-7)10(17)11(13,14)15/h1-2,5,9,16H,3-4H2. The van der Waals surface area contributed by atoms with Crippen LogP contribution in [0.5, 0.6) is 0 Å². The lowest BCUT2D eigenvalue weighted by atomic mass is 9.92. The Labute approximate surface area is 117 Å². The van der Waals surface area contributed by atoms with Gasteiger partial charge in [-0.05, 0) is 29.7 Å². The number of Topliss-reactive ketones (excluding diaryl/α,β-unsaturated/α-hetero) is 1. The third-order valence-corrected chi connectivity index (χ3v) is 4.35. The molecule has 20 heavy (non-hydrogen) atoms. The summed E-state index contributed by atoms with van der Waals surface area (Å²) < 4.78 is 60.0. The Hall–Kier alpha value is -1.12. The highest BCUT2D eigenvalue weighted by Gasteiger charge is 2.45. The number of hydrogen-bond acceptors (Lipinski definition) is 4. The zero-order valence-corrected chi connectivity index (χ0v) is 11.4. The number of fused-ring (bicyclic) bond motifs is 1. The van der Waals surface area contributed by atoms with Gasteiger partial charge in [0.05, 0.1) is 4.90 Å². The van der Waals surface area contributed by atoms with E-state index in [1.807, 2.05) is 0 Å². The van der Waals surface area contributed by atoms with E-state index < -0.39 is 27.1 Å². The Morgan fingerprint density at radius 1 is 1.35 bits per heavy atom. The first kappa shape index (κ1) is 15.3. The van der Waals surface area contributed by atoms with Crippen LogP contribution in [0.25, 0.3) is 0 Å². The van der Waals surface area contributed by atoms with Gasteiger partial charge in [-0.25, -0.2) is 8.42 Å². The Morgan fingerprint density at radius 3 is 2.55 bits per heavy atom. The number of alkyl halides is 3. The molecular formula is C11H9ClF3NO3S. The molecule has 0 saturated carbocycles. The minimum absolute atomic E-state index is 0.000278. The summed E-state index contributed by atoms with van der Waals surface area (Å²) in [5.41, 5.74) is 0.496. The maximum absolute atomic E-state index is 12.5. The van der Waals surface area contributed by atoms with E-state index in [0.717, 1.165) is 6.07 Å². The summed E-state index contributed by atoms with van der Waals surface area (Å²) in [6, 6.07) is 2.00. The van der Waals surface area contributed by atoms with Gasteiger partial charge in [0.1, 0.15) is 6.04 Å². The average molecular weight is 328 g/mol. The zero-order valence-electron chi connectivity index (χ0n) is 9.87. The topological polar surface area (TPSA) is 63.2 Å². The number of benzene rings is 1. The fraction of sp³-hybridized carbons (Fsp3) is 0.364. The van der Waals surface area contributed by atoms with Crippen molar-refractivity contribution < 1.29 is 26.4 Å². The normalized spacial score (nSPS) is 19.5. The molecule has 0 spiro atoms. The number of halogens is 4. The first-order valence-electron chi connectivity index (χ1n) is 5.52. The second kappa shape index (κ2) is 5.01. The van der Waals surface area contributed by atoms with Crippen LogP contribution in [-0.2, 0) is 20.3 Å². The van der Waals surface area contributed by atoms with E-state index in [1.165, 1.54) is 12.1 Å². The van der Waals surface area contributed by atoms with Gasteiger partial charge < -0.3 is 5.32 Å². The Balaban J connectivity index is 2.52. The zero-order chi connectivity index (χ0) is 15.1. The third-order valence-electron chi connectivity index (χ3n) is 2.99. The molecule has 0 fully saturated rings. The van der Waals surface area contributed by atoms with Crippen LogP contribution in [-0.4, -0.2) is 26.9 Å². The molecule has 0 radical (unpaired) electrons. The van der Waals surface area contributed by atoms with Gasteiger partial charge in [0, 0.05) is 17.2 Å². The SMILES string of the molecule is O=C(C1NCCc2ccc(S(=O)(=O)Cl)cc21)C(F)(F)F. The molecule has 1 aliphatic heterocycles. The van der Waals surface area contributed by atoms with Gasteiger partial charge in [-0.15, -0.1) is 0 Å². The lowest BCUT2D eigenvalue weighted by molar-refractivity contribution is -0.173. The molecule has 110 valence electrons. The first-order valence-corrected chi connectivity index (χ1v) is 7.83. The monoisotopic (exact) mass is 327 g/mol. The van der Waals surface area contributed by atoms with Crippen LogP contribution in [0.2, 0.25) is 0 Å². The number of ketones is 1. The van der Waals surface area contributed by atoms with E-state index in [1.54, 1.807) is 0 Å². The Bertz CT molecular complexity index is 657. The number of rotatable bonds is 2. The highest BCUT2D eigenvalue weighted by atomic mass is 35.7.